The molecule has 1 aromatic heterocycles. The summed E-state index contributed by atoms with van der Waals surface area (Å²) in [6, 6.07) is 16.5. The van der Waals surface area contributed by atoms with Crippen molar-refractivity contribution in [3.8, 4) is 11.3 Å². The summed E-state index contributed by atoms with van der Waals surface area (Å²) in [5.41, 5.74) is 5.27. The maximum absolute atomic E-state index is 12.2. The zero-order valence-corrected chi connectivity index (χ0v) is 28.1. The summed E-state index contributed by atoms with van der Waals surface area (Å²) >= 11 is 0. The van der Waals surface area contributed by atoms with Gasteiger partial charge in [-0.2, -0.15) is 0 Å². The van der Waals surface area contributed by atoms with Crippen LogP contribution >= 0.6 is 0 Å². The predicted octanol–water partition coefficient (Wildman–Crippen LogP) is 10.1. The average Bonchev–Trinajstić information content (AvgIpc) is 2.90. The van der Waals surface area contributed by atoms with Crippen molar-refractivity contribution in [1.82, 2.24) is 4.98 Å². The summed E-state index contributed by atoms with van der Waals surface area (Å²) in [7, 11) is 0. The van der Waals surface area contributed by atoms with Crippen LogP contribution in [0.15, 0.2) is 54.4 Å². The van der Waals surface area contributed by atoms with Gasteiger partial charge in [-0.3, -0.25) is 4.79 Å². The molecule has 0 saturated heterocycles. The third-order valence-corrected chi connectivity index (χ3v) is 8.46. The van der Waals surface area contributed by atoms with Crippen LogP contribution in [-0.4, -0.2) is 15.9 Å². The molecule has 0 aliphatic heterocycles. The Morgan fingerprint density at radius 1 is 0.949 bits per heavy atom. The number of aryl methyl sites for hydroxylation is 2. The number of benzene rings is 2. The van der Waals surface area contributed by atoms with Gasteiger partial charge in [-0.1, -0.05) is 87.4 Å². The molecule has 0 aliphatic rings. The van der Waals surface area contributed by atoms with Gasteiger partial charge in [-0.05, 0) is 59.7 Å². The van der Waals surface area contributed by atoms with Crippen molar-refractivity contribution in [2.45, 2.75) is 101 Å². The van der Waals surface area contributed by atoms with Gasteiger partial charge in [0.25, 0.3) is 0 Å². The second-order valence-corrected chi connectivity index (χ2v) is 11.5. The zero-order valence-electron chi connectivity index (χ0n) is 25.7. The Balaban J connectivity index is 0.000000391. The van der Waals surface area contributed by atoms with Gasteiger partial charge in [0.05, 0.1) is 0 Å². The van der Waals surface area contributed by atoms with Crippen molar-refractivity contribution in [2.75, 3.05) is 0 Å². The van der Waals surface area contributed by atoms with E-state index in [-0.39, 0.29) is 42.5 Å². The molecule has 0 unspecified atom stereocenters. The summed E-state index contributed by atoms with van der Waals surface area (Å²) in [5.74, 6) is 0.826. The third kappa shape index (κ3) is 8.60. The molecule has 0 saturated carbocycles. The van der Waals surface area contributed by atoms with Crippen LogP contribution in [0, 0.1) is 30.7 Å². The van der Waals surface area contributed by atoms with Crippen molar-refractivity contribution in [3.05, 3.63) is 77.2 Å². The first-order valence-electron chi connectivity index (χ1n) is 14.2. The summed E-state index contributed by atoms with van der Waals surface area (Å²) in [5, 5.41) is 12.6. The number of aliphatic hydroxyl groups excluding tert-OH is 1. The van der Waals surface area contributed by atoms with E-state index < -0.39 is 0 Å². The van der Waals surface area contributed by atoms with Gasteiger partial charge < -0.3 is 10.1 Å². The molecule has 1 N–H and O–H groups in total. The number of hydrogen-bond acceptors (Lipinski definition) is 3. The van der Waals surface area contributed by atoms with E-state index >= 15 is 0 Å². The number of ketones is 1. The molecule has 3 nitrogen and oxygen atoms in total. The second kappa shape index (κ2) is 14.9. The Morgan fingerprint density at radius 3 is 2.05 bits per heavy atom. The topological polar surface area (TPSA) is 50.2 Å². The van der Waals surface area contributed by atoms with E-state index in [1.807, 2.05) is 47.7 Å². The number of carbonyl (C=O) groups excluding carboxylic acids is 1. The SMILES string of the molecule is CCC(C)(CC)C(=O)/C=C(\O)C(C)(CC)CC.Cc1[c-]c(-c2nccc3cc(C(C)C)ccc23)cc(C)c1.[Ir]. The van der Waals surface area contributed by atoms with Crippen molar-refractivity contribution in [3.63, 3.8) is 0 Å². The minimum Gasteiger partial charge on any atom is -0.512 e. The van der Waals surface area contributed by atoms with E-state index in [0.29, 0.717) is 5.92 Å². The van der Waals surface area contributed by atoms with Crippen LogP contribution in [0.25, 0.3) is 22.0 Å². The number of carbonyl (C=O) groups is 1. The Bertz CT molecular complexity index is 1250. The molecular weight excluding hydrogens is 659 g/mol. The summed E-state index contributed by atoms with van der Waals surface area (Å²) < 4.78 is 0. The van der Waals surface area contributed by atoms with Gasteiger partial charge in [-0.15, -0.1) is 34.9 Å². The summed E-state index contributed by atoms with van der Waals surface area (Å²) in [6.07, 6.45) is 6.65. The molecule has 0 atom stereocenters. The van der Waals surface area contributed by atoms with E-state index in [9.17, 15) is 9.90 Å². The Labute approximate surface area is 250 Å². The number of rotatable bonds is 9. The van der Waals surface area contributed by atoms with Gasteiger partial charge in [0.2, 0.25) is 0 Å². The van der Waals surface area contributed by atoms with Crippen molar-refractivity contribution >= 4 is 16.6 Å². The van der Waals surface area contributed by atoms with E-state index in [4.69, 9.17) is 0 Å². The van der Waals surface area contributed by atoms with E-state index in [2.05, 4.69) is 75.1 Å². The molecule has 2 aromatic carbocycles. The van der Waals surface area contributed by atoms with Crippen LogP contribution in [0.2, 0.25) is 0 Å². The molecular formula is C35H48IrNO2-. The number of fused-ring (bicyclic) bond motifs is 1. The second-order valence-electron chi connectivity index (χ2n) is 11.5. The number of aliphatic hydroxyl groups is 1. The molecule has 1 heterocycles. The average molecular weight is 707 g/mol. The first-order chi connectivity index (χ1) is 17.8. The van der Waals surface area contributed by atoms with Crippen LogP contribution in [-0.2, 0) is 24.9 Å². The molecule has 3 aromatic rings. The fraction of sp³-hybridized carbons (Fsp3) is 0.486. The minimum atomic E-state index is -0.337. The number of nitrogens with zero attached hydrogens (tertiary/aromatic N) is 1. The van der Waals surface area contributed by atoms with E-state index in [1.165, 1.54) is 28.0 Å². The van der Waals surface area contributed by atoms with Crippen LogP contribution in [0.4, 0.5) is 0 Å². The number of aromatic nitrogens is 1. The molecule has 0 fully saturated rings. The fourth-order valence-corrected chi connectivity index (χ4v) is 4.48. The Morgan fingerprint density at radius 2 is 1.54 bits per heavy atom. The van der Waals surface area contributed by atoms with Crippen LogP contribution in [0.1, 0.15) is 104 Å². The molecule has 4 heteroatoms. The number of allylic oxidation sites excluding steroid dienone is 2. The van der Waals surface area contributed by atoms with Gasteiger partial charge in [-0.25, -0.2) is 0 Å². The first-order valence-corrected chi connectivity index (χ1v) is 14.2. The molecule has 215 valence electrons. The normalized spacial score (nSPS) is 12.1. The fourth-order valence-electron chi connectivity index (χ4n) is 4.48. The maximum Gasteiger partial charge on any atom is 0.164 e. The standard InChI is InChI=1S/C20H20N.C15H28O2.Ir/c1-13(2)16-5-6-19-17(12-16)7-8-21-20(19)18-10-14(3)9-15(4)11-18;1-7-14(5,8-2)12(16)11-13(17)15(6,9-3)10-4;/h5-10,12-13H,1-4H3;11,16H,7-10H2,1-6H3;/q-1;;/b;12-11-;. The monoisotopic (exact) mass is 707 g/mol. The molecule has 0 spiro atoms. The van der Waals surface area contributed by atoms with Gasteiger partial charge in [0, 0.05) is 43.2 Å². The first kappa shape index (κ1) is 34.7. The predicted molar refractivity (Wildman–Crippen MR) is 163 cm³/mol. The summed E-state index contributed by atoms with van der Waals surface area (Å²) in [6.45, 7) is 20.7. The van der Waals surface area contributed by atoms with Gasteiger partial charge >= 0.3 is 0 Å². The third-order valence-electron chi connectivity index (χ3n) is 8.46. The Hall–Kier alpha value is -2.29. The summed E-state index contributed by atoms with van der Waals surface area (Å²) in [4.78, 5) is 16.8. The van der Waals surface area contributed by atoms with Crippen LogP contribution in [0.3, 0.4) is 0 Å². The molecule has 0 aliphatic carbocycles. The van der Waals surface area contributed by atoms with Crippen LogP contribution in [0.5, 0.6) is 0 Å². The number of hydrogen-bond donors (Lipinski definition) is 1. The molecule has 39 heavy (non-hydrogen) atoms. The molecule has 1 radical (unpaired) electrons. The van der Waals surface area contributed by atoms with Gasteiger partial charge in [0.1, 0.15) is 5.76 Å². The molecule has 3 rings (SSSR count). The van der Waals surface area contributed by atoms with Crippen molar-refractivity contribution in [2.24, 2.45) is 10.8 Å². The van der Waals surface area contributed by atoms with E-state index in [0.717, 1.165) is 42.5 Å². The van der Waals surface area contributed by atoms with Crippen LogP contribution < -0.4 is 0 Å². The molecule has 0 amide bonds. The quantitative estimate of drug-likeness (QED) is 0.137. The maximum atomic E-state index is 12.2. The van der Waals surface area contributed by atoms with E-state index in [1.54, 1.807) is 0 Å². The molecule has 0 bridgehead atoms. The van der Waals surface area contributed by atoms with Crippen molar-refractivity contribution in [1.29, 1.82) is 0 Å². The largest absolute Gasteiger partial charge is 0.512 e. The smallest absolute Gasteiger partial charge is 0.164 e. The Kier molecular flexibility index (Phi) is 13.3. The number of pyridine rings is 1. The zero-order chi connectivity index (χ0) is 28.7. The minimum absolute atomic E-state index is 0. The van der Waals surface area contributed by atoms with Crippen molar-refractivity contribution < 1.29 is 30.0 Å². The van der Waals surface area contributed by atoms with Gasteiger partial charge in [0.15, 0.2) is 5.78 Å².